The number of para-hydroxylation sites is 1. The van der Waals surface area contributed by atoms with E-state index in [9.17, 15) is 28.6 Å². The Morgan fingerprint density at radius 2 is 1.93 bits per heavy atom. The van der Waals surface area contributed by atoms with Crippen molar-refractivity contribution in [3.05, 3.63) is 75.0 Å². The molecule has 28 heavy (non-hydrogen) atoms. The van der Waals surface area contributed by atoms with Crippen LogP contribution in [-0.2, 0) is 22.0 Å². The number of nitro benzene ring substituents is 1. The Morgan fingerprint density at radius 3 is 2.61 bits per heavy atom. The van der Waals surface area contributed by atoms with Gasteiger partial charge in [-0.3, -0.25) is 10.1 Å². The minimum atomic E-state index is -4.10. The summed E-state index contributed by atoms with van der Waals surface area (Å²) in [4.78, 5) is 10.3. The Hall–Kier alpha value is -2.40. The lowest BCUT2D eigenvalue weighted by molar-refractivity contribution is -0.384. The second-order valence-electron chi connectivity index (χ2n) is 6.30. The van der Waals surface area contributed by atoms with Crippen LogP contribution in [0.3, 0.4) is 0 Å². The Kier molecular flexibility index (Phi) is 5.75. The molecule has 0 fully saturated rings. The number of nitrogens with zero attached hydrogens (tertiary/aromatic N) is 1. The Balaban J connectivity index is 1.92. The fourth-order valence-corrected chi connectivity index (χ4v) is 4.89. The summed E-state index contributed by atoms with van der Waals surface area (Å²) < 4.78 is 31.0. The molecule has 0 unspecified atom stereocenters. The third kappa shape index (κ3) is 4.36. The number of furan rings is 1. The van der Waals surface area contributed by atoms with E-state index in [1.807, 2.05) is 0 Å². The summed E-state index contributed by atoms with van der Waals surface area (Å²) in [6.45, 7) is 0. The van der Waals surface area contributed by atoms with Gasteiger partial charge in [0.05, 0.1) is 16.9 Å². The highest BCUT2D eigenvalue weighted by atomic mass is 35.5. The topological polar surface area (TPSA) is 131 Å². The third-order valence-corrected chi connectivity index (χ3v) is 6.58. The van der Waals surface area contributed by atoms with Crippen molar-refractivity contribution in [1.82, 2.24) is 0 Å². The van der Waals surface area contributed by atoms with Gasteiger partial charge in [0.2, 0.25) is 0 Å². The number of halogens is 1. The Morgan fingerprint density at radius 1 is 1.21 bits per heavy atom. The molecule has 0 spiro atoms. The number of hydrogen-bond acceptors (Lipinski definition) is 7. The smallest absolute Gasteiger partial charge is 0.464 e. The average molecular weight is 424 g/mol. The summed E-state index contributed by atoms with van der Waals surface area (Å²) in [5.41, 5.74) is 0.794. The lowest BCUT2D eigenvalue weighted by Crippen LogP contribution is -2.40. The van der Waals surface area contributed by atoms with Crippen LogP contribution in [0.2, 0.25) is 5.02 Å². The van der Waals surface area contributed by atoms with Crippen molar-refractivity contribution in [2.24, 2.45) is 0 Å². The molecule has 1 aromatic heterocycles. The number of fused-ring (bicyclic) bond motifs is 1. The van der Waals surface area contributed by atoms with Gasteiger partial charge in [-0.2, -0.15) is 0 Å². The van der Waals surface area contributed by atoms with Crippen LogP contribution >= 0.6 is 11.6 Å². The fourth-order valence-electron chi connectivity index (χ4n) is 2.99. The van der Waals surface area contributed by atoms with Gasteiger partial charge in [0.1, 0.15) is 10.7 Å². The van der Waals surface area contributed by atoms with Gasteiger partial charge < -0.3 is 14.5 Å². The van der Waals surface area contributed by atoms with Crippen molar-refractivity contribution >= 4 is 45.2 Å². The molecule has 0 radical (unpaired) electrons. The van der Waals surface area contributed by atoms with Crippen LogP contribution in [0.4, 0.5) is 5.69 Å². The van der Waals surface area contributed by atoms with Crippen LogP contribution in [0.25, 0.3) is 11.0 Å². The van der Waals surface area contributed by atoms with Crippen LogP contribution in [-0.4, -0.2) is 35.7 Å². The molecule has 1 heterocycles. The zero-order valence-electron chi connectivity index (χ0n) is 14.4. The van der Waals surface area contributed by atoms with Gasteiger partial charge in [0.25, 0.3) is 5.69 Å². The molecule has 0 bridgehead atoms. The highest BCUT2D eigenvalue weighted by molar-refractivity contribution is 7.92. The molecular weight excluding hydrogens is 409 g/mol. The van der Waals surface area contributed by atoms with E-state index in [-0.39, 0.29) is 22.7 Å². The van der Waals surface area contributed by atoms with Crippen LogP contribution in [0.5, 0.6) is 0 Å². The molecule has 2 aromatic carbocycles. The van der Waals surface area contributed by atoms with E-state index in [1.54, 1.807) is 24.3 Å². The molecule has 11 heteroatoms. The molecule has 0 saturated carbocycles. The molecule has 3 aromatic rings. The maximum absolute atomic E-state index is 12.8. The summed E-state index contributed by atoms with van der Waals surface area (Å²) in [5, 5.41) is 29.5. The first-order valence-corrected chi connectivity index (χ1v) is 10.2. The molecule has 2 N–H and O–H groups in total. The third-order valence-electron chi connectivity index (χ3n) is 4.30. The summed E-state index contributed by atoms with van der Waals surface area (Å²) in [7, 11) is -6.25. The van der Waals surface area contributed by atoms with Crippen molar-refractivity contribution < 1.29 is 27.8 Å². The molecule has 0 amide bonds. The molecule has 0 saturated heterocycles. The van der Waals surface area contributed by atoms with Gasteiger partial charge in [0, 0.05) is 22.5 Å². The van der Waals surface area contributed by atoms with E-state index in [4.69, 9.17) is 16.0 Å². The molecule has 0 aliphatic heterocycles. The van der Waals surface area contributed by atoms with Crippen molar-refractivity contribution in [2.75, 3.05) is 0 Å². The zero-order chi connectivity index (χ0) is 20.5. The minimum absolute atomic E-state index is 0.0151. The number of non-ortho nitro benzene ring substituents is 1. The second kappa shape index (κ2) is 7.92. The van der Waals surface area contributed by atoms with E-state index in [0.717, 1.165) is 12.1 Å². The molecule has 3 rings (SSSR count). The average Bonchev–Trinajstić information content (AvgIpc) is 3.01. The summed E-state index contributed by atoms with van der Waals surface area (Å²) in [5.74, 6) is -0.632. The molecule has 146 valence electrons. The Bertz CT molecular complexity index is 1130. The van der Waals surface area contributed by atoms with Crippen LogP contribution in [0.1, 0.15) is 11.1 Å². The fraction of sp³-hybridized carbons (Fsp3) is 0.176. The van der Waals surface area contributed by atoms with Gasteiger partial charge in [-0.25, -0.2) is 8.42 Å². The predicted octanol–water partition coefficient (Wildman–Crippen LogP) is 2.53. The van der Waals surface area contributed by atoms with Crippen LogP contribution in [0, 0.1) is 10.1 Å². The van der Waals surface area contributed by atoms with E-state index in [0.29, 0.717) is 16.5 Å². The Labute approximate surface area is 165 Å². The standard InChI is InChI=1S/C17H15BClNO7S/c19-13-5-11(6-14(8-13)20(23)24)10-28(25,26)17(18(21)22)7-12-9-27-16-4-2-1-3-15(12)16/h1-6,8-9,17,21-22H,7,10H2/t17-/m0/s1. The van der Waals surface area contributed by atoms with Gasteiger partial charge in [-0.1, -0.05) is 29.8 Å². The monoisotopic (exact) mass is 423 g/mol. The molecule has 8 nitrogen and oxygen atoms in total. The number of sulfone groups is 1. The molecule has 1 atom stereocenters. The predicted molar refractivity (Wildman–Crippen MR) is 105 cm³/mol. The van der Waals surface area contributed by atoms with Crippen LogP contribution in [0.15, 0.2) is 53.1 Å². The maximum Gasteiger partial charge on any atom is 0.471 e. The highest BCUT2D eigenvalue weighted by Crippen LogP contribution is 2.27. The normalized spacial score (nSPS) is 12.8. The summed E-state index contributed by atoms with van der Waals surface area (Å²) in [6, 6.07) is 10.5. The summed E-state index contributed by atoms with van der Waals surface area (Å²) >= 11 is 5.84. The van der Waals surface area contributed by atoms with E-state index in [1.165, 1.54) is 12.3 Å². The number of rotatable bonds is 7. The van der Waals surface area contributed by atoms with Crippen molar-refractivity contribution in [2.45, 2.75) is 17.3 Å². The number of nitro groups is 1. The van der Waals surface area contributed by atoms with Gasteiger partial charge in [-0.15, -0.1) is 0 Å². The lowest BCUT2D eigenvalue weighted by atomic mass is 9.81. The van der Waals surface area contributed by atoms with E-state index in [2.05, 4.69) is 0 Å². The van der Waals surface area contributed by atoms with Gasteiger partial charge in [-0.05, 0) is 29.7 Å². The largest absolute Gasteiger partial charge is 0.471 e. The van der Waals surface area contributed by atoms with Crippen molar-refractivity contribution in [3.8, 4) is 0 Å². The van der Waals surface area contributed by atoms with Gasteiger partial charge in [0.15, 0.2) is 9.84 Å². The maximum atomic E-state index is 12.8. The highest BCUT2D eigenvalue weighted by Gasteiger charge is 2.37. The number of hydrogen-bond donors (Lipinski definition) is 2. The number of benzene rings is 2. The SMILES string of the molecule is O=[N+]([O-])c1cc(Cl)cc(CS(=O)(=O)[C@@H](Cc2coc3ccccc23)B(O)O)c1. The minimum Gasteiger partial charge on any atom is -0.464 e. The second-order valence-corrected chi connectivity index (χ2v) is 8.95. The van der Waals surface area contributed by atoms with Crippen molar-refractivity contribution in [3.63, 3.8) is 0 Å². The lowest BCUT2D eigenvalue weighted by Gasteiger charge is -2.16. The van der Waals surface area contributed by atoms with Crippen molar-refractivity contribution in [1.29, 1.82) is 0 Å². The van der Waals surface area contributed by atoms with E-state index < -0.39 is 32.8 Å². The first-order valence-electron chi connectivity index (χ1n) is 8.14. The molecular formula is C17H15BClNO7S. The van der Waals surface area contributed by atoms with Gasteiger partial charge >= 0.3 is 7.12 Å². The quantitative estimate of drug-likeness (QED) is 0.339. The molecule has 0 aliphatic carbocycles. The zero-order valence-corrected chi connectivity index (χ0v) is 15.9. The first-order chi connectivity index (χ1) is 13.2. The van der Waals surface area contributed by atoms with E-state index >= 15 is 0 Å². The molecule has 0 aliphatic rings. The van der Waals surface area contributed by atoms with Crippen LogP contribution < -0.4 is 0 Å². The summed E-state index contributed by atoms with van der Waals surface area (Å²) in [6.07, 6.45) is 1.18. The first kappa shape index (κ1) is 20.3.